The minimum Gasteiger partial charge on any atom is -0.497 e. The average Bonchev–Trinajstić information content (AvgIpc) is 2.90. The molecule has 33 heavy (non-hydrogen) atoms. The summed E-state index contributed by atoms with van der Waals surface area (Å²) in [6.45, 7) is 0. The van der Waals surface area contributed by atoms with Crippen LogP contribution in [0.4, 0.5) is 0 Å². The molecule has 0 spiro atoms. The molecule has 0 aliphatic carbocycles. The smallest absolute Gasteiger partial charge is 0.118 e. The first kappa shape index (κ1) is 25.3. The largest absolute Gasteiger partial charge is 0.497 e. The number of methoxy groups -OCH3 is 2. The Bertz CT molecular complexity index is 1170. The molecule has 164 valence electrons. The summed E-state index contributed by atoms with van der Waals surface area (Å²) < 4.78 is 11.1. The van der Waals surface area contributed by atoms with E-state index >= 15 is 0 Å². The van der Waals surface area contributed by atoms with Gasteiger partial charge in [-0.05, 0) is 72.8 Å². The van der Waals surface area contributed by atoms with Gasteiger partial charge in [-0.25, -0.2) is 0 Å². The van der Waals surface area contributed by atoms with E-state index in [4.69, 9.17) is 15.9 Å². The van der Waals surface area contributed by atoms with Gasteiger partial charge < -0.3 is 9.47 Å². The lowest BCUT2D eigenvalue weighted by atomic mass is 10.2. The van der Waals surface area contributed by atoms with Crippen LogP contribution in [-0.4, -0.2) is 14.2 Å². The summed E-state index contributed by atoms with van der Waals surface area (Å²) >= 11 is 3.32. The second-order valence-corrected chi connectivity index (χ2v) is 7.43. The van der Waals surface area contributed by atoms with E-state index in [1.807, 2.05) is 109 Å². The fourth-order valence-electron chi connectivity index (χ4n) is 2.45. The van der Waals surface area contributed by atoms with Crippen LogP contribution in [0.5, 0.6) is 11.5 Å². The zero-order chi connectivity index (χ0) is 23.7. The summed E-state index contributed by atoms with van der Waals surface area (Å²) in [6, 6.07) is 35.0. The summed E-state index contributed by atoms with van der Waals surface area (Å²) in [7, 11) is 3.31. The number of benzene rings is 4. The van der Waals surface area contributed by atoms with Crippen molar-refractivity contribution in [1.82, 2.24) is 0 Å². The third-order valence-corrected chi connectivity index (χ3v) is 4.73. The van der Waals surface area contributed by atoms with Crippen molar-refractivity contribution >= 4 is 15.9 Å². The highest BCUT2D eigenvalue weighted by atomic mass is 79.9. The van der Waals surface area contributed by atoms with Crippen molar-refractivity contribution < 1.29 is 9.47 Å². The Morgan fingerprint density at radius 2 is 0.939 bits per heavy atom. The van der Waals surface area contributed by atoms with E-state index in [0.717, 1.165) is 32.7 Å². The summed E-state index contributed by atoms with van der Waals surface area (Å²) in [6.07, 6.45) is 5.10. The van der Waals surface area contributed by atoms with Gasteiger partial charge in [-0.3, -0.25) is 0 Å². The van der Waals surface area contributed by atoms with Gasteiger partial charge in [0.1, 0.15) is 11.5 Å². The van der Waals surface area contributed by atoms with Crippen molar-refractivity contribution in [2.45, 2.75) is 0 Å². The summed E-state index contributed by atoms with van der Waals surface area (Å²) in [4.78, 5) is 0. The Hall–Kier alpha value is -3.92. The first-order valence-corrected chi connectivity index (χ1v) is 11.0. The number of terminal acetylenes is 1. The molecule has 0 unspecified atom stereocenters. The van der Waals surface area contributed by atoms with Crippen molar-refractivity contribution in [2.24, 2.45) is 0 Å². The molecular weight excluding hydrogens is 472 g/mol. The Labute approximate surface area is 205 Å². The predicted molar refractivity (Wildman–Crippen MR) is 140 cm³/mol. The fourth-order valence-corrected chi connectivity index (χ4v) is 2.71. The average molecular weight is 497 g/mol. The molecule has 0 aromatic heterocycles. The molecule has 2 nitrogen and oxygen atoms in total. The number of ether oxygens (including phenoxy) is 2. The minimum atomic E-state index is 0.852. The number of hydrogen-bond donors (Lipinski definition) is 0. The molecule has 4 aromatic rings. The van der Waals surface area contributed by atoms with Gasteiger partial charge in [0.2, 0.25) is 0 Å². The van der Waals surface area contributed by atoms with Gasteiger partial charge in [-0.2, -0.15) is 0 Å². The van der Waals surface area contributed by atoms with Crippen molar-refractivity contribution in [2.75, 3.05) is 14.2 Å². The van der Waals surface area contributed by atoms with Crippen molar-refractivity contribution in [1.29, 1.82) is 0 Å². The van der Waals surface area contributed by atoms with E-state index in [0.29, 0.717) is 0 Å². The summed E-state index contributed by atoms with van der Waals surface area (Å²) in [5, 5.41) is 0. The lowest BCUT2D eigenvalue weighted by molar-refractivity contribution is 0.414. The highest BCUT2D eigenvalue weighted by Gasteiger charge is 1.90. The monoisotopic (exact) mass is 496 g/mol. The van der Waals surface area contributed by atoms with Crippen molar-refractivity contribution in [3.8, 4) is 35.7 Å². The van der Waals surface area contributed by atoms with Crippen LogP contribution >= 0.6 is 15.9 Å². The molecule has 0 aliphatic rings. The molecule has 0 fully saturated rings. The van der Waals surface area contributed by atoms with Gasteiger partial charge in [0.25, 0.3) is 0 Å². The number of hydrogen-bond acceptors (Lipinski definition) is 2. The molecule has 3 heteroatoms. The van der Waals surface area contributed by atoms with Gasteiger partial charge in [0.15, 0.2) is 0 Å². The quantitative estimate of drug-likeness (QED) is 0.272. The van der Waals surface area contributed by atoms with E-state index in [1.54, 1.807) is 14.2 Å². The number of rotatable bonds is 2. The van der Waals surface area contributed by atoms with E-state index in [9.17, 15) is 0 Å². The van der Waals surface area contributed by atoms with Crippen LogP contribution in [0.1, 0.15) is 16.7 Å². The molecule has 0 bridgehead atoms. The Kier molecular flexibility index (Phi) is 11.5. The molecule has 4 rings (SSSR count). The van der Waals surface area contributed by atoms with Crippen LogP contribution in [0.25, 0.3) is 0 Å². The molecule has 0 saturated carbocycles. The molecule has 0 N–H and O–H groups in total. The van der Waals surface area contributed by atoms with Crippen LogP contribution in [0.2, 0.25) is 0 Å². The van der Waals surface area contributed by atoms with Crippen LogP contribution in [0.3, 0.4) is 0 Å². The third-order valence-electron chi connectivity index (χ3n) is 4.20. The molecular formula is C30H25BrO2. The van der Waals surface area contributed by atoms with Crippen LogP contribution in [-0.2, 0) is 0 Å². The van der Waals surface area contributed by atoms with Gasteiger partial charge in [-0.15, -0.1) is 6.42 Å². The standard InChI is InChI=1S/C15H12O.C8H6.C7H7BrO/c1-16-15-11-9-14(10-12-15)8-7-13-5-3-2-4-6-13;1-2-8-6-4-3-5-7-8;1-9-7-4-2-6(8)3-5-7/h2-6,9-12H,1H3;1,3-7H;2-5H,1H3. The second kappa shape index (κ2) is 15.0. The van der Waals surface area contributed by atoms with Gasteiger partial charge >= 0.3 is 0 Å². The predicted octanol–water partition coefficient (Wildman–Crippen LogP) is 7.22. The van der Waals surface area contributed by atoms with Gasteiger partial charge in [0, 0.05) is 21.2 Å². The summed E-state index contributed by atoms with van der Waals surface area (Å²) in [5.41, 5.74) is 2.95. The van der Waals surface area contributed by atoms with E-state index in [1.165, 1.54) is 0 Å². The molecule has 0 amide bonds. The summed E-state index contributed by atoms with van der Waals surface area (Å²) in [5.74, 6) is 10.5. The second-order valence-electron chi connectivity index (χ2n) is 6.51. The van der Waals surface area contributed by atoms with Crippen molar-refractivity contribution in [3.63, 3.8) is 0 Å². The SMILES string of the molecule is C#Cc1ccccc1.COc1ccc(Br)cc1.COc1ccc(C#Cc2ccccc2)cc1. The first-order valence-electron chi connectivity index (χ1n) is 10.2. The van der Waals surface area contributed by atoms with E-state index in [2.05, 4.69) is 33.7 Å². The highest BCUT2D eigenvalue weighted by molar-refractivity contribution is 9.10. The van der Waals surface area contributed by atoms with Gasteiger partial charge in [-0.1, -0.05) is 70.1 Å². The highest BCUT2D eigenvalue weighted by Crippen LogP contribution is 2.15. The molecule has 0 atom stereocenters. The maximum Gasteiger partial charge on any atom is 0.118 e. The zero-order valence-corrected chi connectivity index (χ0v) is 20.3. The molecule has 0 radical (unpaired) electrons. The first-order chi connectivity index (χ1) is 16.1. The lowest BCUT2D eigenvalue weighted by Gasteiger charge is -1.97. The van der Waals surface area contributed by atoms with E-state index in [-0.39, 0.29) is 0 Å². The molecule has 0 heterocycles. The maximum absolute atomic E-state index is 5.10. The lowest BCUT2D eigenvalue weighted by Crippen LogP contribution is -1.82. The molecule has 4 aromatic carbocycles. The fraction of sp³-hybridized carbons (Fsp3) is 0.0667. The van der Waals surface area contributed by atoms with Crippen LogP contribution in [0, 0.1) is 24.2 Å². The van der Waals surface area contributed by atoms with E-state index < -0.39 is 0 Å². The minimum absolute atomic E-state index is 0.852. The maximum atomic E-state index is 5.10. The third kappa shape index (κ3) is 10.3. The molecule has 0 aliphatic heterocycles. The van der Waals surface area contributed by atoms with Crippen LogP contribution in [0.15, 0.2) is 114 Å². The zero-order valence-electron chi connectivity index (χ0n) is 18.7. The Morgan fingerprint density at radius 1 is 0.545 bits per heavy atom. The molecule has 0 saturated heterocycles. The van der Waals surface area contributed by atoms with Gasteiger partial charge in [0.05, 0.1) is 14.2 Å². The Balaban J connectivity index is 0.000000192. The normalized spacial score (nSPS) is 8.79. The number of halogens is 1. The topological polar surface area (TPSA) is 18.5 Å². The Morgan fingerprint density at radius 3 is 1.33 bits per heavy atom. The van der Waals surface area contributed by atoms with Crippen molar-refractivity contribution in [3.05, 3.63) is 130 Å². The van der Waals surface area contributed by atoms with Crippen LogP contribution < -0.4 is 9.47 Å².